The Morgan fingerprint density at radius 1 is 1.14 bits per heavy atom. The Hall–Kier alpha value is 0.0787. The average Bonchev–Trinajstić information content (AvgIpc) is 2.71. The maximum absolute atomic E-state index is 5.58. The van der Waals surface area contributed by atoms with Gasteiger partial charge in [0.2, 0.25) is 0 Å². The molecule has 0 saturated heterocycles. The van der Waals surface area contributed by atoms with Crippen molar-refractivity contribution in [1.29, 1.82) is 0 Å². The van der Waals surface area contributed by atoms with Gasteiger partial charge in [-0.05, 0) is 0 Å². The fourth-order valence-corrected chi connectivity index (χ4v) is 11.3. The zero-order valence-corrected chi connectivity index (χ0v) is 12.8. The molecule has 0 radical (unpaired) electrons. The molecular formula is C12H22OSn. The van der Waals surface area contributed by atoms with Crippen LogP contribution < -0.4 is 3.78 Å². The summed E-state index contributed by atoms with van der Waals surface area (Å²) < 4.78 is 9.96. The standard InChI is InChI=1S/C4H3O.2C4H9.Sn.H/c1-2-4-5-3-1;2*1-3-4-2;;/h1-3H;2*1,3-4H2,2H3;;. The summed E-state index contributed by atoms with van der Waals surface area (Å²) in [6.45, 7) is 4.57. The molecule has 1 aromatic rings. The Bertz CT molecular complexity index is 210. The van der Waals surface area contributed by atoms with E-state index in [1.54, 1.807) is 0 Å². The molecule has 14 heavy (non-hydrogen) atoms. The van der Waals surface area contributed by atoms with Crippen molar-refractivity contribution in [3.63, 3.8) is 0 Å². The molecule has 0 saturated carbocycles. The van der Waals surface area contributed by atoms with E-state index in [2.05, 4.69) is 26.0 Å². The molecule has 0 bridgehead atoms. The third-order valence-electron chi connectivity index (χ3n) is 2.76. The zero-order chi connectivity index (χ0) is 10.2. The third kappa shape index (κ3) is 4.07. The van der Waals surface area contributed by atoms with Gasteiger partial charge in [0.05, 0.1) is 0 Å². The van der Waals surface area contributed by atoms with Gasteiger partial charge < -0.3 is 0 Å². The maximum atomic E-state index is 5.58. The van der Waals surface area contributed by atoms with Gasteiger partial charge in [-0.3, -0.25) is 0 Å². The molecule has 1 nitrogen and oxygen atoms in total. The number of hydrogen-bond acceptors (Lipinski definition) is 1. The van der Waals surface area contributed by atoms with Crippen LogP contribution in [0.5, 0.6) is 0 Å². The van der Waals surface area contributed by atoms with Crippen LogP contribution in [0.25, 0.3) is 0 Å². The van der Waals surface area contributed by atoms with Gasteiger partial charge in [0.1, 0.15) is 0 Å². The molecule has 80 valence electrons. The topological polar surface area (TPSA) is 13.1 Å². The molecule has 0 spiro atoms. The van der Waals surface area contributed by atoms with Crippen molar-refractivity contribution >= 4 is 23.5 Å². The van der Waals surface area contributed by atoms with E-state index in [-0.39, 0.29) is 0 Å². The quantitative estimate of drug-likeness (QED) is 0.704. The summed E-state index contributed by atoms with van der Waals surface area (Å²) in [5.41, 5.74) is 0. The Kier molecular flexibility index (Phi) is 6.41. The van der Waals surface area contributed by atoms with Crippen LogP contribution in [-0.2, 0) is 0 Å². The van der Waals surface area contributed by atoms with E-state index < -0.39 is 19.8 Å². The Morgan fingerprint density at radius 3 is 2.21 bits per heavy atom. The van der Waals surface area contributed by atoms with Crippen molar-refractivity contribution in [3.05, 3.63) is 18.4 Å². The van der Waals surface area contributed by atoms with Crippen LogP contribution in [0.3, 0.4) is 0 Å². The zero-order valence-electron chi connectivity index (χ0n) is 9.46. The number of rotatable bonds is 7. The van der Waals surface area contributed by atoms with E-state index in [1.807, 2.05) is 6.26 Å². The molecule has 1 heterocycles. The first-order valence-corrected chi connectivity index (χ1v) is 12.2. The van der Waals surface area contributed by atoms with E-state index in [1.165, 1.54) is 38.3 Å². The second-order valence-corrected chi connectivity index (χ2v) is 12.9. The van der Waals surface area contributed by atoms with Crippen LogP contribution in [0.15, 0.2) is 22.8 Å². The van der Waals surface area contributed by atoms with Gasteiger partial charge in [-0.1, -0.05) is 0 Å². The molecule has 0 unspecified atom stereocenters. The molecule has 0 aliphatic rings. The Labute approximate surface area is 94.6 Å². The molecular weight excluding hydrogens is 279 g/mol. The van der Waals surface area contributed by atoms with E-state index in [0.717, 1.165) is 0 Å². The number of hydrogen-bond donors (Lipinski definition) is 0. The van der Waals surface area contributed by atoms with E-state index in [4.69, 9.17) is 4.42 Å². The minimum absolute atomic E-state index is 1.33. The first-order chi connectivity index (χ1) is 6.88. The molecule has 0 atom stereocenters. The molecule has 0 amide bonds. The van der Waals surface area contributed by atoms with Crippen molar-refractivity contribution in [1.82, 2.24) is 0 Å². The SMILES string of the molecule is CCC[CH2][SnH]([CH2]CCC)[c]1ccco1. The molecule has 0 aromatic carbocycles. The number of unbranched alkanes of at least 4 members (excludes halogenated alkanes) is 2. The summed E-state index contributed by atoms with van der Waals surface area (Å²) in [4.78, 5) is 0. The van der Waals surface area contributed by atoms with Crippen molar-refractivity contribution in [2.75, 3.05) is 0 Å². The van der Waals surface area contributed by atoms with Crippen LogP contribution in [0.1, 0.15) is 39.5 Å². The van der Waals surface area contributed by atoms with Gasteiger partial charge in [-0.2, -0.15) is 0 Å². The molecule has 0 fully saturated rings. The molecule has 0 aliphatic heterocycles. The minimum atomic E-state index is -1.46. The Balaban J connectivity index is 2.44. The van der Waals surface area contributed by atoms with Crippen molar-refractivity contribution < 1.29 is 4.42 Å². The molecule has 0 aliphatic carbocycles. The molecule has 2 heteroatoms. The molecule has 1 rings (SSSR count). The average molecular weight is 301 g/mol. The first kappa shape index (κ1) is 12.1. The first-order valence-electron chi connectivity index (χ1n) is 5.91. The van der Waals surface area contributed by atoms with Crippen LogP contribution in [0.2, 0.25) is 8.87 Å². The normalized spacial score (nSPS) is 11.1. The summed E-state index contributed by atoms with van der Waals surface area (Å²) in [5, 5.41) is 0. The van der Waals surface area contributed by atoms with Crippen LogP contribution in [0.4, 0.5) is 0 Å². The number of furan rings is 1. The predicted octanol–water partition coefficient (Wildman–Crippen LogP) is 3.31. The summed E-state index contributed by atoms with van der Waals surface area (Å²) in [7, 11) is 0. The van der Waals surface area contributed by atoms with Gasteiger partial charge >= 0.3 is 94.8 Å². The fourth-order valence-electron chi connectivity index (χ4n) is 1.85. The summed E-state index contributed by atoms with van der Waals surface area (Å²) in [6, 6.07) is 4.27. The van der Waals surface area contributed by atoms with Crippen LogP contribution in [-0.4, -0.2) is 19.8 Å². The van der Waals surface area contributed by atoms with Crippen molar-refractivity contribution in [3.8, 4) is 0 Å². The van der Waals surface area contributed by atoms with Crippen molar-refractivity contribution in [2.45, 2.75) is 48.4 Å². The predicted molar refractivity (Wildman–Crippen MR) is 64.9 cm³/mol. The molecule has 1 aromatic heterocycles. The summed E-state index contributed by atoms with van der Waals surface area (Å²) in [5.74, 6) is 0. The summed E-state index contributed by atoms with van der Waals surface area (Å²) in [6.07, 6.45) is 7.33. The fraction of sp³-hybridized carbons (Fsp3) is 0.667. The van der Waals surface area contributed by atoms with Crippen LogP contribution in [0, 0.1) is 0 Å². The Morgan fingerprint density at radius 2 is 1.79 bits per heavy atom. The van der Waals surface area contributed by atoms with Gasteiger partial charge in [-0.15, -0.1) is 0 Å². The second kappa shape index (κ2) is 7.38. The van der Waals surface area contributed by atoms with Gasteiger partial charge in [0, 0.05) is 0 Å². The second-order valence-electron chi connectivity index (χ2n) is 4.00. The van der Waals surface area contributed by atoms with E-state index >= 15 is 0 Å². The monoisotopic (exact) mass is 302 g/mol. The third-order valence-corrected chi connectivity index (χ3v) is 12.3. The van der Waals surface area contributed by atoms with Gasteiger partial charge in [0.15, 0.2) is 0 Å². The summed E-state index contributed by atoms with van der Waals surface area (Å²) >= 11 is -1.46. The van der Waals surface area contributed by atoms with E-state index in [0.29, 0.717) is 0 Å². The van der Waals surface area contributed by atoms with Gasteiger partial charge in [0.25, 0.3) is 0 Å². The van der Waals surface area contributed by atoms with Gasteiger partial charge in [-0.25, -0.2) is 0 Å². The van der Waals surface area contributed by atoms with Crippen molar-refractivity contribution in [2.24, 2.45) is 0 Å². The van der Waals surface area contributed by atoms with E-state index in [9.17, 15) is 0 Å². The van der Waals surface area contributed by atoms with Crippen LogP contribution >= 0.6 is 0 Å². The molecule has 0 N–H and O–H groups in total.